The lowest BCUT2D eigenvalue weighted by molar-refractivity contribution is -0.122. The van der Waals surface area contributed by atoms with Crippen molar-refractivity contribution in [1.82, 2.24) is 4.90 Å². The topological polar surface area (TPSA) is 63.7 Å². The third-order valence-electron chi connectivity index (χ3n) is 4.18. The monoisotopic (exact) mass is 361 g/mol. The average Bonchev–Trinajstić information content (AvgIpc) is 2.54. The summed E-state index contributed by atoms with van der Waals surface area (Å²) >= 11 is 0. The summed E-state index contributed by atoms with van der Waals surface area (Å²) in [5, 5.41) is 0. The fourth-order valence-corrected chi connectivity index (χ4v) is 2.58. The molecule has 1 aromatic rings. The zero-order valence-corrected chi connectivity index (χ0v) is 16.8. The van der Waals surface area contributed by atoms with Crippen molar-refractivity contribution < 1.29 is 19.1 Å². The minimum Gasteiger partial charge on any atom is -0.444 e. The predicted octanol–water partition coefficient (Wildman–Crippen LogP) is 4.42. The molecule has 0 unspecified atom stereocenters. The van der Waals surface area contributed by atoms with Gasteiger partial charge in [0.25, 0.3) is 0 Å². The molecule has 1 aromatic carbocycles. The van der Waals surface area contributed by atoms with E-state index < -0.39 is 5.60 Å². The molecule has 0 saturated carbocycles. The Labute approximate surface area is 156 Å². The van der Waals surface area contributed by atoms with Gasteiger partial charge in [0, 0.05) is 24.6 Å². The van der Waals surface area contributed by atoms with E-state index in [1.165, 1.54) is 5.56 Å². The van der Waals surface area contributed by atoms with E-state index in [1.807, 2.05) is 52.0 Å². The number of benzene rings is 1. The normalized spacial score (nSPS) is 14.9. The van der Waals surface area contributed by atoms with Crippen molar-refractivity contribution in [3.63, 3.8) is 0 Å². The first-order valence-corrected chi connectivity index (χ1v) is 9.05. The summed E-state index contributed by atoms with van der Waals surface area (Å²) in [6.45, 7) is 12.0. The number of nitrogens with zero attached hydrogens (tertiary/aromatic N) is 1. The number of Topliss-reactive ketones (excluding diaryl/α,β-unsaturated/α-hetero) is 2. The van der Waals surface area contributed by atoms with Gasteiger partial charge in [0.2, 0.25) is 0 Å². The molecule has 1 heterocycles. The number of hydrogen-bond acceptors (Lipinski definition) is 4. The van der Waals surface area contributed by atoms with Crippen molar-refractivity contribution in [1.29, 1.82) is 0 Å². The van der Waals surface area contributed by atoms with Gasteiger partial charge in [0.05, 0.1) is 0 Å². The van der Waals surface area contributed by atoms with Crippen LogP contribution in [0, 0.1) is 12.8 Å². The summed E-state index contributed by atoms with van der Waals surface area (Å²) in [4.78, 5) is 35.3. The summed E-state index contributed by atoms with van der Waals surface area (Å²) in [5.41, 5.74) is 1.52. The fraction of sp³-hybridized carbons (Fsp3) is 0.571. The van der Waals surface area contributed by atoms with Gasteiger partial charge in [-0.15, -0.1) is 0 Å². The lowest BCUT2D eigenvalue weighted by Crippen LogP contribution is -2.42. The van der Waals surface area contributed by atoms with E-state index in [-0.39, 0.29) is 23.6 Å². The number of amides is 1. The number of ether oxygens (including phenoxy) is 1. The van der Waals surface area contributed by atoms with Crippen LogP contribution in [0.5, 0.6) is 0 Å². The largest absolute Gasteiger partial charge is 0.444 e. The van der Waals surface area contributed by atoms with Gasteiger partial charge >= 0.3 is 6.09 Å². The minimum absolute atomic E-state index is 0.124. The first-order chi connectivity index (χ1) is 12.0. The van der Waals surface area contributed by atoms with Crippen LogP contribution in [0.3, 0.4) is 0 Å². The first-order valence-electron chi connectivity index (χ1n) is 9.05. The predicted molar refractivity (Wildman–Crippen MR) is 102 cm³/mol. The Hall–Kier alpha value is -2.17. The SMILES string of the molecule is CC(=O)C1CCN(C(=O)OC(C)(C)C)CC1.CC(=O)c1ccc(C)cc1. The standard InChI is InChI=1S/C12H21NO3.C9H10O/c1-9(14)10-5-7-13(8-6-10)11(15)16-12(2,3)4;1-7-3-5-9(6-4-7)8(2)10/h10H,5-8H2,1-4H3;3-6H,1-2H3. The zero-order valence-electron chi connectivity index (χ0n) is 16.8. The highest BCUT2D eigenvalue weighted by atomic mass is 16.6. The van der Waals surface area contributed by atoms with Crippen LogP contribution >= 0.6 is 0 Å². The molecule has 1 aliphatic rings. The lowest BCUT2D eigenvalue weighted by atomic mass is 9.94. The van der Waals surface area contributed by atoms with Gasteiger partial charge in [0.1, 0.15) is 11.4 Å². The van der Waals surface area contributed by atoms with Crippen LogP contribution in [0.4, 0.5) is 4.79 Å². The van der Waals surface area contributed by atoms with E-state index in [9.17, 15) is 14.4 Å². The maximum Gasteiger partial charge on any atom is 0.410 e. The Kier molecular flexibility index (Phi) is 8.00. The maximum atomic E-state index is 11.7. The van der Waals surface area contributed by atoms with Gasteiger partial charge in [-0.3, -0.25) is 9.59 Å². The summed E-state index contributed by atoms with van der Waals surface area (Å²) < 4.78 is 5.27. The molecule has 0 aromatic heterocycles. The molecule has 1 fully saturated rings. The fourth-order valence-electron chi connectivity index (χ4n) is 2.58. The van der Waals surface area contributed by atoms with Crippen molar-refractivity contribution >= 4 is 17.7 Å². The van der Waals surface area contributed by atoms with E-state index in [2.05, 4.69) is 0 Å². The van der Waals surface area contributed by atoms with Gasteiger partial charge in [-0.1, -0.05) is 29.8 Å². The van der Waals surface area contributed by atoms with E-state index in [0.717, 1.165) is 18.4 Å². The number of carbonyl (C=O) groups excluding carboxylic acids is 3. The molecule has 1 aliphatic heterocycles. The smallest absolute Gasteiger partial charge is 0.410 e. The molecule has 5 heteroatoms. The van der Waals surface area contributed by atoms with Crippen LogP contribution in [0.1, 0.15) is 63.4 Å². The summed E-state index contributed by atoms with van der Waals surface area (Å²) in [7, 11) is 0. The molecule has 1 amide bonds. The van der Waals surface area contributed by atoms with Crippen molar-refractivity contribution in [2.24, 2.45) is 5.92 Å². The summed E-state index contributed by atoms with van der Waals surface area (Å²) in [6.07, 6.45) is 1.25. The zero-order chi connectivity index (χ0) is 19.9. The molecule has 1 saturated heterocycles. The molecular formula is C21H31NO4. The second kappa shape index (κ2) is 9.51. The van der Waals surface area contributed by atoms with Crippen molar-refractivity contribution in [3.05, 3.63) is 35.4 Å². The quantitative estimate of drug-likeness (QED) is 0.732. The molecule has 0 N–H and O–H groups in total. The minimum atomic E-state index is -0.450. The number of aryl methyl sites for hydroxylation is 1. The Bertz CT molecular complexity index is 620. The number of piperidine rings is 1. The van der Waals surface area contributed by atoms with Gasteiger partial charge in [0.15, 0.2) is 5.78 Å². The highest BCUT2D eigenvalue weighted by Crippen LogP contribution is 2.20. The van der Waals surface area contributed by atoms with Crippen LogP contribution < -0.4 is 0 Å². The van der Waals surface area contributed by atoms with Gasteiger partial charge < -0.3 is 9.64 Å². The number of hydrogen-bond donors (Lipinski definition) is 0. The van der Waals surface area contributed by atoms with E-state index in [4.69, 9.17) is 4.74 Å². The highest BCUT2D eigenvalue weighted by molar-refractivity contribution is 5.93. The molecule has 2 rings (SSSR count). The second-order valence-electron chi connectivity index (χ2n) is 7.77. The number of ketones is 2. The molecular weight excluding hydrogens is 330 g/mol. The van der Waals surface area contributed by atoms with Crippen LogP contribution in [0.2, 0.25) is 0 Å². The molecule has 26 heavy (non-hydrogen) atoms. The lowest BCUT2D eigenvalue weighted by Gasteiger charge is -2.32. The van der Waals surface area contributed by atoms with E-state index in [0.29, 0.717) is 13.1 Å². The molecule has 0 atom stereocenters. The Morgan fingerprint density at radius 3 is 1.88 bits per heavy atom. The number of likely N-dealkylation sites (tertiary alicyclic amines) is 1. The highest BCUT2D eigenvalue weighted by Gasteiger charge is 2.28. The van der Waals surface area contributed by atoms with Crippen LogP contribution in [0.25, 0.3) is 0 Å². The molecule has 0 radical (unpaired) electrons. The van der Waals surface area contributed by atoms with Gasteiger partial charge in [-0.2, -0.15) is 0 Å². The summed E-state index contributed by atoms with van der Waals surface area (Å²) in [5.74, 6) is 0.475. The third kappa shape index (κ3) is 7.81. The average molecular weight is 361 g/mol. The molecule has 0 bridgehead atoms. The molecule has 5 nitrogen and oxygen atoms in total. The third-order valence-corrected chi connectivity index (χ3v) is 4.18. The second-order valence-corrected chi connectivity index (χ2v) is 7.77. The molecule has 0 spiro atoms. The summed E-state index contributed by atoms with van der Waals surface area (Å²) in [6, 6.07) is 7.57. The molecule has 144 valence electrons. The van der Waals surface area contributed by atoms with Crippen molar-refractivity contribution in [2.75, 3.05) is 13.1 Å². The van der Waals surface area contributed by atoms with Crippen LogP contribution in [-0.4, -0.2) is 41.3 Å². The first kappa shape index (κ1) is 21.9. The van der Waals surface area contributed by atoms with Gasteiger partial charge in [-0.05, 0) is 54.4 Å². The van der Waals surface area contributed by atoms with Crippen LogP contribution in [0.15, 0.2) is 24.3 Å². The maximum absolute atomic E-state index is 11.7. The van der Waals surface area contributed by atoms with Crippen molar-refractivity contribution in [2.45, 2.75) is 60.0 Å². The number of carbonyl (C=O) groups is 3. The number of rotatable bonds is 2. The Morgan fingerprint density at radius 1 is 1.00 bits per heavy atom. The van der Waals surface area contributed by atoms with E-state index in [1.54, 1.807) is 18.7 Å². The van der Waals surface area contributed by atoms with Crippen LogP contribution in [-0.2, 0) is 9.53 Å². The van der Waals surface area contributed by atoms with Crippen molar-refractivity contribution in [3.8, 4) is 0 Å². The van der Waals surface area contributed by atoms with Gasteiger partial charge in [-0.25, -0.2) is 4.79 Å². The Morgan fingerprint density at radius 2 is 1.50 bits per heavy atom. The molecule has 0 aliphatic carbocycles. The van der Waals surface area contributed by atoms with E-state index >= 15 is 0 Å². The Balaban J connectivity index is 0.000000289.